The Morgan fingerprint density at radius 1 is 1.50 bits per heavy atom. The van der Waals surface area contributed by atoms with Gasteiger partial charge in [-0.25, -0.2) is 0 Å². The van der Waals surface area contributed by atoms with Crippen molar-refractivity contribution >= 4 is 5.91 Å². The van der Waals surface area contributed by atoms with Gasteiger partial charge in [0, 0.05) is 6.54 Å². The third-order valence-electron chi connectivity index (χ3n) is 3.01. The highest BCUT2D eigenvalue weighted by atomic mass is 16.2. The first-order valence-electron chi connectivity index (χ1n) is 5.44. The quantitative estimate of drug-likeness (QED) is 0.717. The molecule has 3 nitrogen and oxygen atoms in total. The standard InChI is InChI=1S/C11H22N2O/c1-11(2,3)9(12)10(14)13-7-8-5-4-6-8/h8-9H,4-7,12H2,1-3H3,(H,13,14). The Hall–Kier alpha value is -0.570. The van der Waals surface area contributed by atoms with Gasteiger partial charge in [0.1, 0.15) is 0 Å². The highest BCUT2D eigenvalue weighted by molar-refractivity contribution is 5.82. The van der Waals surface area contributed by atoms with Crippen molar-refractivity contribution in [2.75, 3.05) is 6.54 Å². The average molecular weight is 198 g/mol. The summed E-state index contributed by atoms with van der Waals surface area (Å²) in [5.74, 6) is 0.690. The third kappa shape index (κ3) is 2.98. The van der Waals surface area contributed by atoms with Crippen LogP contribution in [0, 0.1) is 11.3 Å². The predicted octanol–water partition coefficient (Wildman–Crippen LogP) is 1.28. The molecule has 0 aromatic heterocycles. The number of hydrogen-bond donors (Lipinski definition) is 2. The van der Waals surface area contributed by atoms with Gasteiger partial charge in [-0.2, -0.15) is 0 Å². The molecule has 0 spiro atoms. The molecule has 1 amide bonds. The van der Waals surface area contributed by atoms with Crippen LogP contribution >= 0.6 is 0 Å². The fourth-order valence-corrected chi connectivity index (χ4v) is 1.45. The molecule has 0 heterocycles. The van der Waals surface area contributed by atoms with Crippen LogP contribution < -0.4 is 11.1 Å². The number of carbonyl (C=O) groups is 1. The predicted molar refractivity (Wildman–Crippen MR) is 57.8 cm³/mol. The van der Waals surface area contributed by atoms with Crippen LogP contribution in [0.5, 0.6) is 0 Å². The van der Waals surface area contributed by atoms with Gasteiger partial charge in [-0.3, -0.25) is 4.79 Å². The Morgan fingerprint density at radius 2 is 2.07 bits per heavy atom. The Morgan fingerprint density at radius 3 is 2.43 bits per heavy atom. The van der Waals surface area contributed by atoms with E-state index in [2.05, 4.69) is 5.32 Å². The number of hydrogen-bond acceptors (Lipinski definition) is 2. The molecule has 1 rings (SSSR count). The molecule has 1 fully saturated rings. The molecule has 82 valence electrons. The lowest BCUT2D eigenvalue weighted by Crippen LogP contribution is -2.49. The first-order chi connectivity index (χ1) is 6.41. The van der Waals surface area contributed by atoms with Crippen LogP contribution in [0.15, 0.2) is 0 Å². The van der Waals surface area contributed by atoms with Crippen molar-refractivity contribution in [3.05, 3.63) is 0 Å². The summed E-state index contributed by atoms with van der Waals surface area (Å²) in [5.41, 5.74) is 5.68. The zero-order valence-electron chi connectivity index (χ0n) is 9.47. The molecular weight excluding hydrogens is 176 g/mol. The van der Waals surface area contributed by atoms with Crippen LogP contribution in [-0.2, 0) is 4.79 Å². The highest BCUT2D eigenvalue weighted by Crippen LogP contribution is 2.25. The average Bonchev–Trinajstić information content (AvgIpc) is 1.98. The van der Waals surface area contributed by atoms with Gasteiger partial charge < -0.3 is 11.1 Å². The molecule has 0 saturated heterocycles. The maximum atomic E-state index is 11.6. The molecule has 1 aliphatic rings. The van der Waals surface area contributed by atoms with E-state index < -0.39 is 6.04 Å². The molecule has 0 radical (unpaired) electrons. The van der Waals surface area contributed by atoms with Crippen molar-refractivity contribution in [1.82, 2.24) is 5.32 Å². The minimum absolute atomic E-state index is 0.00981. The topological polar surface area (TPSA) is 55.1 Å². The van der Waals surface area contributed by atoms with Crippen molar-refractivity contribution in [2.45, 2.75) is 46.1 Å². The summed E-state index contributed by atoms with van der Waals surface area (Å²) < 4.78 is 0. The Bertz CT molecular complexity index is 204. The Balaban J connectivity index is 2.26. The van der Waals surface area contributed by atoms with Crippen LogP contribution in [0.2, 0.25) is 0 Å². The van der Waals surface area contributed by atoms with Crippen molar-refractivity contribution < 1.29 is 4.79 Å². The molecular formula is C11H22N2O. The monoisotopic (exact) mass is 198 g/mol. The second-order valence-corrected chi connectivity index (χ2v) is 5.39. The SMILES string of the molecule is CC(C)(C)C(N)C(=O)NCC1CCC1. The van der Waals surface area contributed by atoms with E-state index in [-0.39, 0.29) is 11.3 Å². The normalized spacial score (nSPS) is 20.0. The van der Waals surface area contributed by atoms with Crippen LogP contribution in [-0.4, -0.2) is 18.5 Å². The molecule has 0 aromatic rings. The van der Waals surface area contributed by atoms with E-state index in [1.165, 1.54) is 19.3 Å². The number of carbonyl (C=O) groups excluding carboxylic acids is 1. The minimum Gasteiger partial charge on any atom is -0.354 e. The van der Waals surface area contributed by atoms with E-state index in [4.69, 9.17) is 5.73 Å². The maximum Gasteiger partial charge on any atom is 0.237 e. The van der Waals surface area contributed by atoms with Crippen LogP contribution in [0.1, 0.15) is 40.0 Å². The first kappa shape index (κ1) is 11.5. The van der Waals surface area contributed by atoms with Gasteiger partial charge in [-0.15, -0.1) is 0 Å². The van der Waals surface area contributed by atoms with E-state index in [9.17, 15) is 4.79 Å². The van der Waals surface area contributed by atoms with Crippen LogP contribution in [0.3, 0.4) is 0 Å². The lowest BCUT2D eigenvalue weighted by atomic mass is 9.84. The van der Waals surface area contributed by atoms with Crippen molar-refractivity contribution in [1.29, 1.82) is 0 Å². The van der Waals surface area contributed by atoms with Gasteiger partial charge in [0.25, 0.3) is 0 Å². The van der Waals surface area contributed by atoms with Crippen LogP contribution in [0.25, 0.3) is 0 Å². The van der Waals surface area contributed by atoms with Gasteiger partial charge in [-0.05, 0) is 24.2 Å². The van der Waals surface area contributed by atoms with Crippen molar-refractivity contribution in [2.24, 2.45) is 17.1 Å². The first-order valence-corrected chi connectivity index (χ1v) is 5.44. The molecule has 3 heteroatoms. The van der Waals surface area contributed by atoms with E-state index >= 15 is 0 Å². The summed E-state index contributed by atoms with van der Waals surface area (Å²) >= 11 is 0. The molecule has 0 bridgehead atoms. The van der Waals surface area contributed by atoms with Gasteiger partial charge >= 0.3 is 0 Å². The van der Waals surface area contributed by atoms with Crippen molar-refractivity contribution in [3.8, 4) is 0 Å². The minimum atomic E-state index is -0.400. The molecule has 1 atom stereocenters. The molecule has 0 aliphatic heterocycles. The van der Waals surface area contributed by atoms with E-state index in [1.807, 2.05) is 20.8 Å². The number of rotatable bonds is 3. The molecule has 14 heavy (non-hydrogen) atoms. The second kappa shape index (κ2) is 4.30. The Labute approximate surface area is 86.4 Å². The third-order valence-corrected chi connectivity index (χ3v) is 3.01. The summed E-state index contributed by atoms with van der Waals surface area (Å²) in [5, 5.41) is 2.93. The maximum absolute atomic E-state index is 11.6. The zero-order chi connectivity index (χ0) is 10.8. The summed E-state index contributed by atoms with van der Waals surface area (Å²) in [7, 11) is 0. The van der Waals surface area contributed by atoms with E-state index in [0.717, 1.165) is 6.54 Å². The molecule has 1 aliphatic carbocycles. The van der Waals surface area contributed by atoms with Gasteiger partial charge in [0.05, 0.1) is 6.04 Å². The number of nitrogens with two attached hydrogens (primary N) is 1. The van der Waals surface area contributed by atoms with E-state index in [0.29, 0.717) is 5.92 Å². The van der Waals surface area contributed by atoms with Crippen molar-refractivity contribution in [3.63, 3.8) is 0 Å². The largest absolute Gasteiger partial charge is 0.354 e. The highest BCUT2D eigenvalue weighted by Gasteiger charge is 2.28. The lowest BCUT2D eigenvalue weighted by Gasteiger charge is -2.29. The summed E-state index contributed by atoms with van der Waals surface area (Å²) in [6.45, 7) is 6.77. The number of amides is 1. The second-order valence-electron chi connectivity index (χ2n) is 5.39. The number of nitrogens with one attached hydrogen (secondary N) is 1. The van der Waals surface area contributed by atoms with Crippen LogP contribution in [0.4, 0.5) is 0 Å². The molecule has 1 saturated carbocycles. The molecule has 3 N–H and O–H groups in total. The lowest BCUT2D eigenvalue weighted by molar-refractivity contribution is -0.124. The smallest absolute Gasteiger partial charge is 0.237 e. The summed E-state index contributed by atoms with van der Waals surface area (Å²) in [4.78, 5) is 11.6. The van der Waals surface area contributed by atoms with E-state index in [1.54, 1.807) is 0 Å². The zero-order valence-corrected chi connectivity index (χ0v) is 9.47. The summed E-state index contributed by atoms with van der Waals surface area (Å²) in [6.07, 6.45) is 3.82. The molecule has 1 unspecified atom stereocenters. The summed E-state index contributed by atoms with van der Waals surface area (Å²) in [6, 6.07) is -0.400. The molecule has 0 aromatic carbocycles. The van der Waals surface area contributed by atoms with Gasteiger partial charge in [0.2, 0.25) is 5.91 Å². The Kier molecular flexibility index (Phi) is 3.53. The fourth-order valence-electron chi connectivity index (χ4n) is 1.45. The fraction of sp³-hybridized carbons (Fsp3) is 0.909. The van der Waals surface area contributed by atoms with Gasteiger partial charge in [-0.1, -0.05) is 27.2 Å². The van der Waals surface area contributed by atoms with Gasteiger partial charge in [0.15, 0.2) is 0 Å².